The molecular weight excluding hydrogens is 1240 g/mol. The number of carbonyl (C=O) groups excluding carboxylic acids is 10. The van der Waals surface area contributed by atoms with Crippen molar-refractivity contribution >= 4 is 164 Å². The summed E-state index contributed by atoms with van der Waals surface area (Å²) in [4.78, 5) is 119. The number of ether oxygens (including phenoxy) is 2. The minimum absolute atomic E-state index is 0.0115. The molecule has 0 rings (SSSR count). The van der Waals surface area contributed by atoms with Crippen molar-refractivity contribution in [3.8, 4) is 0 Å². The molecule has 0 aromatic rings. The van der Waals surface area contributed by atoms with Crippen LogP contribution in [0.2, 0.25) is 0 Å². The SMILES string of the molecule is C=C(C)C(=O)Br.C=C(C)C(=O)Cl.C=C(C)C(=O)I.C=C(C)C(=O)O.C=C(C)C(=O)OC(=O)C(=C)C.C=CC(=O)Br.C=CC(=O)Cl.C=CC(=O)I.C=CC(=O)O.C=CC(=O)OC(=O)C=C. The predicted molar refractivity (Wildman–Crippen MR) is 275 cm³/mol. The first-order valence-corrected chi connectivity index (χ1v) is 20.1. The first-order chi connectivity index (χ1) is 28.8. The van der Waals surface area contributed by atoms with Gasteiger partial charge < -0.3 is 19.7 Å². The van der Waals surface area contributed by atoms with Crippen molar-refractivity contribution in [2.45, 2.75) is 41.5 Å². The molecular formula is C42H50Br2Cl2I2O16. The quantitative estimate of drug-likeness (QED) is 0.0605. The smallest absolute Gasteiger partial charge is 0.340 e. The van der Waals surface area contributed by atoms with Gasteiger partial charge >= 0.3 is 35.8 Å². The Balaban J connectivity index is -0.0000000641. The maximum atomic E-state index is 10.7. The topological polar surface area (TPSA) is 264 Å². The van der Waals surface area contributed by atoms with Gasteiger partial charge in [0.05, 0.1) is 0 Å². The van der Waals surface area contributed by atoms with Crippen LogP contribution in [0.25, 0.3) is 0 Å². The third kappa shape index (κ3) is 118. The molecule has 22 heteroatoms. The average Bonchev–Trinajstić information content (AvgIpc) is 3.19. The van der Waals surface area contributed by atoms with Crippen molar-refractivity contribution in [3.63, 3.8) is 0 Å². The highest BCUT2D eigenvalue weighted by atomic mass is 127. The Morgan fingerprint density at radius 2 is 0.703 bits per heavy atom. The van der Waals surface area contributed by atoms with E-state index in [-0.39, 0.29) is 33.7 Å². The summed E-state index contributed by atoms with van der Waals surface area (Å²) in [7, 11) is 0. The lowest BCUT2D eigenvalue weighted by molar-refractivity contribution is -0.155. The Morgan fingerprint density at radius 3 is 0.766 bits per heavy atom. The van der Waals surface area contributed by atoms with Gasteiger partial charge in [-0.3, -0.25) is 28.8 Å². The van der Waals surface area contributed by atoms with Crippen LogP contribution < -0.4 is 0 Å². The monoisotopic (exact) mass is 1290 g/mol. The van der Waals surface area contributed by atoms with Gasteiger partial charge in [0.2, 0.25) is 27.4 Å². The third-order valence-electron chi connectivity index (χ3n) is 3.44. The van der Waals surface area contributed by atoms with Gasteiger partial charge in [0, 0.05) is 85.7 Å². The summed E-state index contributed by atoms with van der Waals surface area (Å²) < 4.78 is 8.06. The van der Waals surface area contributed by atoms with Crippen LogP contribution in [0.4, 0.5) is 0 Å². The lowest BCUT2D eigenvalue weighted by Gasteiger charge is -1.99. The second-order valence-corrected chi connectivity index (χ2v) is 14.0. The molecule has 64 heavy (non-hydrogen) atoms. The van der Waals surface area contributed by atoms with E-state index < -0.39 is 46.3 Å². The Morgan fingerprint density at radius 1 is 0.484 bits per heavy atom. The number of carbonyl (C=O) groups is 12. The fraction of sp³-hybridized carbons (Fsp3) is 0.143. The fourth-order valence-electron chi connectivity index (χ4n) is 0.441. The molecule has 0 aliphatic rings. The predicted octanol–water partition coefficient (Wildman–Crippen LogP) is 10.0. The lowest BCUT2D eigenvalue weighted by Crippen LogP contribution is -2.12. The van der Waals surface area contributed by atoms with Crippen molar-refractivity contribution < 1.29 is 77.2 Å². The van der Waals surface area contributed by atoms with E-state index >= 15 is 0 Å². The minimum atomic E-state index is -0.981. The van der Waals surface area contributed by atoms with Crippen molar-refractivity contribution in [1.82, 2.24) is 0 Å². The molecule has 0 heterocycles. The van der Waals surface area contributed by atoms with Crippen LogP contribution in [0.3, 0.4) is 0 Å². The standard InChI is InChI=1S/C8H10O3.C6H6O3.C4H5BrO.C4H5ClO.C4H5IO.C4H6O2.C3H3BrO.C3H3ClO.C3H3IO.C3H4O2/c1-5(2)7(9)11-8(10)6(3)4;1-3-5(7)9-6(8)4-2;4*1-3(2)4(5)6;4*1-2-3(4)5/h1,3H2,2,4H3;3-4H,1-2H2;3*1H2,2H3;1H2,2H3,(H,5,6);3*2H,1H2;2H,1H2,(H,4,5). The lowest BCUT2D eigenvalue weighted by atomic mass is 10.3. The zero-order valence-electron chi connectivity index (χ0n) is 35.8. The molecule has 356 valence electrons. The number of carboxylic acids is 2. The Kier molecular flexibility index (Phi) is 75.2. The van der Waals surface area contributed by atoms with E-state index in [0.29, 0.717) is 16.7 Å². The van der Waals surface area contributed by atoms with Gasteiger partial charge in [-0.25, -0.2) is 28.8 Å². The molecule has 0 amide bonds. The molecule has 0 unspecified atom stereocenters. The molecule has 0 aliphatic heterocycles. The second kappa shape index (κ2) is 58.1. The molecule has 0 saturated heterocycles. The van der Waals surface area contributed by atoms with Crippen LogP contribution in [0.5, 0.6) is 0 Å². The highest BCUT2D eigenvalue weighted by Crippen LogP contribution is 1.98. The highest BCUT2D eigenvalue weighted by molar-refractivity contribution is 14.1. The van der Waals surface area contributed by atoms with Crippen LogP contribution >= 0.6 is 100 Å². The van der Waals surface area contributed by atoms with E-state index in [1.165, 1.54) is 32.9 Å². The number of carboxylic acid groups (broad SMARTS) is 2. The largest absolute Gasteiger partial charge is 0.478 e. The van der Waals surface area contributed by atoms with E-state index in [1.807, 2.05) is 0 Å². The number of hydrogen-bond donors (Lipinski definition) is 2. The Bertz CT molecular complexity index is 1540. The minimum Gasteiger partial charge on any atom is -0.478 e. The summed E-state index contributed by atoms with van der Waals surface area (Å²) in [5.74, 6) is -4.86. The van der Waals surface area contributed by atoms with E-state index in [0.717, 1.165) is 24.3 Å². The summed E-state index contributed by atoms with van der Waals surface area (Å²) in [5, 5.41) is 14.5. The normalized spacial score (nSPS) is 7.44. The molecule has 2 N–H and O–H groups in total. The molecule has 16 nitrogen and oxygen atoms in total. The Hall–Kier alpha value is -4.88. The highest BCUT2D eigenvalue weighted by Gasteiger charge is 2.10. The van der Waals surface area contributed by atoms with Crippen molar-refractivity contribution in [2.75, 3.05) is 0 Å². The summed E-state index contributed by atoms with van der Waals surface area (Å²) in [6.07, 6.45) is 6.14. The third-order valence-corrected chi connectivity index (χ3v) is 6.28. The van der Waals surface area contributed by atoms with Crippen LogP contribution in [0.1, 0.15) is 41.5 Å². The molecule has 0 radical (unpaired) electrons. The van der Waals surface area contributed by atoms with Crippen LogP contribution in [0.15, 0.2) is 149 Å². The molecule has 0 fully saturated rings. The van der Waals surface area contributed by atoms with Crippen LogP contribution in [-0.2, 0) is 67.0 Å². The van der Waals surface area contributed by atoms with Crippen molar-refractivity contribution in [1.29, 1.82) is 0 Å². The van der Waals surface area contributed by atoms with Gasteiger partial charge in [-0.1, -0.05) is 78.9 Å². The number of allylic oxidation sites excluding steroid dienone is 6. The van der Waals surface area contributed by atoms with Gasteiger partial charge in [-0.15, -0.1) is 0 Å². The molecule has 0 spiro atoms. The molecule has 0 aromatic carbocycles. The van der Waals surface area contributed by atoms with Crippen LogP contribution in [-0.4, -0.2) is 73.5 Å². The van der Waals surface area contributed by atoms with Crippen molar-refractivity contribution in [2.24, 2.45) is 0 Å². The van der Waals surface area contributed by atoms with E-state index in [2.05, 4.69) is 120 Å². The molecule has 0 saturated carbocycles. The molecule has 0 atom stereocenters. The zero-order valence-corrected chi connectivity index (χ0v) is 44.8. The van der Waals surface area contributed by atoms with Gasteiger partial charge in [-0.05, 0) is 126 Å². The molecule has 0 aliphatic carbocycles. The Labute approximate surface area is 427 Å². The first-order valence-electron chi connectivity index (χ1n) is 15.6. The van der Waals surface area contributed by atoms with Gasteiger partial charge in [0.25, 0.3) is 0 Å². The van der Waals surface area contributed by atoms with Gasteiger partial charge in [-0.2, -0.15) is 0 Å². The number of halogens is 6. The van der Waals surface area contributed by atoms with E-state index in [1.54, 1.807) is 66.0 Å². The van der Waals surface area contributed by atoms with E-state index in [9.17, 15) is 57.5 Å². The zero-order chi connectivity index (χ0) is 54.0. The van der Waals surface area contributed by atoms with Crippen molar-refractivity contribution in [3.05, 3.63) is 149 Å². The van der Waals surface area contributed by atoms with E-state index in [4.69, 9.17) is 33.4 Å². The average molecular weight is 1300 g/mol. The number of hydrogen-bond acceptors (Lipinski definition) is 14. The fourth-order valence-corrected chi connectivity index (χ4v) is 0.441. The summed E-state index contributed by atoms with van der Waals surface area (Å²) in [6, 6.07) is 0. The first kappa shape index (κ1) is 82.8. The molecule has 0 aromatic heterocycles. The summed E-state index contributed by atoms with van der Waals surface area (Å²) >= 11 is 18.2. The number of aliphatic carboxylic acids is 2. The number of esters is 4. The summed E-state index contributed by atoms with van der Waals surface area (Å²) in [5.41, 5.74) is 2.09. The summed E-state index contributed by atoms with van der Waals surface area (Å²) in [6.45, 7) is 47.7. The van der Waals surface area contributed by atoms with Crippen LogP contribution in [0, 0.1) is 0 Å². The van der Waals surface area contributed by atoms with Gasteiger partial charge in [0.15, 0.2) is 0 Å². The maximum absolute atomic E-state index is 10.7. The second-order valence-electron chi connectivity index (χ2n) is 9.70. The van der Waals surface area contributed by atoms with Gasteiger partial charge in [0.1, 0.15) is 0 Å². The number of rotatable bonds is 12. The molecule has 0 bridgehead atoms. The maximum Gasteiger partial charge on any atom is 0.340 e.